The van der Waals surface area contributed by atoms with Crippen LogP contribution in [-0.4, -0.2) is 0 Å². The molecule has 0 saturated heterocycles. The minimum Gasteiger partial charge on any atom is -0.380 e. The topological polar surface area (TPSA) is 35.8 Å². The summed E-state index contributed by atoms with van der Waals surface area (Å²) in [5, 5.41) is 12.0. The van der Waals surface area contributed by atoms with Crippen molar-refractivity contribution in [2.45, 2.75) is 6.54 Å². The number of rotatable bonds is 3. The van der Waals surface area contributed by atoms with Gasteiger partial charge < -0.3 is 5.32 Å². The fraction of sp³-hybridized carbons (Fsp3) is 0.0714. The molecule has 0 spiro atoms. The van der Waals surface area contributed by atoms with Crippen molar-refractivity contribution in [3.8, 4) is 6.07 Å². The normalized spacial score (nSPS) is 9.83. The monoisotopic (exact) mass is 304 g/mol. The van der Waals surface area contributed by atoms with Crippen LogP contribution in [0.15, 0.2) is 46.9 Å². The summed E-state index contributed by atoms with van der Waals surface area (Å²) in [5.41, 5.74) is 1.60. The zero-order chi connectivity index (χ0) is 13.0. The van der Waals surface area contributed by atoms with E-state index in [2.05, 4.69) is 21.2 Å². The van der Waals surface area contributed by atoms with Crippen LogP contribution in [0.1, 0.15) is 11.1 Å². The smallest absolute Gasteiger partial charge is 0.143 e. The van der Waals surface area contributed by atoms with Gasteiger partial charge in [-0.05, 0) is 23.8 Å². The Morgan fingerprint density at radius 2 is 1.94 bits per heavy atom. The average Bonchev–Trinajstić information content (AvgIpc) is 2.38. The highest BCUT2D eigenvalue weighted by molar-refractivity contribution is 9.10. The van der Waals surface area contributed by atoms with Gasteiger partial charge in [0.05, 0.1) is 5.69 Å². The molecular weight excluding hydrogens is 295 g/mol. The number of hydrogen-bond acceptors (Lipinski definition) is 2. The Labute approximate surface area is 113 Å². The fourth-order valence-corrected chi connectivity index (χ4v) is 2.04. The highest BCUT2D eigenvalue weighted by Gasteiger charge is 2.07. The summed E-state index contributed by atoms with van der Waals surface area (Å²) in [4.78, 5) is 0. The van der Waals surface area contributed by atoms with Crippen LogP contribution in [0.2, 0.25) is 0 Å². The Morgan fingerprint density at radius 1 is 1.17 bits per heavy atom. The minimum absolute atomic E-state index is 0.0459. The maximum Gasteiger partial charge on any atom is 0.143 e. The van der Waals surface area contributed by atoms with Crippen LogP contribution < -0.4 is 5.32 Å². The minimum atomic E-state index is -0.505. The second kappa shape index (κ2) is 5.65. The lowest BCUT2D eigenvalue weighted by Crippen LogP contribution is -2.03. The van der Waals surface area contributed by atoms with Crippen molar-refractivity contribution in [1.29, 1.82) is 5.26 Å². The van der Waals surface area contributed by atoms with Gasteiger partial charge >= 0.3 is 0 Å². The molecule has 0 radical (unpaired) electrons. The summed E-state index contributed by atoms with van der Waals surface area (Å²) >= 11 is 3.44. The van der Waals surface area contributed by atoms with E-state index in [4.69, 9.17) is 5.26 Å². The number of nitriles is 1. The maximum absolute atomic E-state index is 13.4. The van der Waals surface area contributed by atoms with Crippen LogP contribution in [0.4, 0.5) is 10.1 Å². The van der Waals surface area contributed by atoms with E-state index in [1.54, 1.807) is 12.1 Å². The summed E-state index contributed by atoms with van der Waals surface area (Å²) in [5.74, 6) is -0.505. The van der Waals surface area contributed by atoms with E-state index < -0.39 is 5.82 Å². The standard InChI is InChI=1S/C14H10BrFN2/c15-12-5-2-1-4-10(12)9-18-14-7-3-6-13(16)11(14)8-17/h1-7,18H,9H2. The van der Waals surface area contributed by atoms with Crippen molar-refractivity contribution in [2.24, 2.45) is 0 Å². The Bertz CT molecular complexity index is 605. The summed E-state index contributed by atoms with van der Waals surface area (Å²) < 4.78 is 14.4. The predicted molar refractivity (Wildman–Crippen MR) is 72.6 cm³/mol. The van der Waals surface area contributed by atoms with Crippen molar-refractivity contribution in [3.05, 3.63) is 63.9 Å². The van der Waals surface area contributed by atoms with E-state index in [1.165, 1.54) is 6.07 Å². The average molecular weight is 305 g/mol. The van der Waals surface area contributed by atoms with Gasteiger partial charge in [-0.3, -0.25) is 0 Å². The number of anilines is 1. The Balaban J connectivity index is 2.19. The highest BCUT2D eigenvalue weighted by atomic mass is 79.9. The molecule has 90 valence electrons. The van der Waals surface area contributed by atoms with Gasteiger partial charge in [-0.1, -0.05) is 40.2 Å². The van der Waals surface area contributed by atoms with Crippen molar-refractivity contribution >= 4 is 21.6 Å². The molecule has 2 nitrogen and oxygen atoms in total. The van der Waals surface area contributed by atoms with E-state index in [1.807, 2.05) is 30.3 Å². The molecule has 0 aliphatic rings. The van der Waals surface area contributed by atoms with Crippen LogP contribution in [0.3, 0.4) is 0 Å². The second-order valence-corrected chi connectivity index (χ2v) is 4.57. The summed E-state index contributed by atoms with van der Waals surface area (Å²) in [6.07, 6.45) is 0. The zero-order valence-corrected chi connectivity index (χ0v) is 11.0. The lowest BCUT2D eigenvalue weighted by atomic mass is 10.1. The first-order chi connectivity index (χ1) is 8.72. The molecule has 1 N–H and O–H groups in total. The molecule has 2 aromatic carbocycles. The quantitative estimate of drug-likeness (QED) is 0.927. The Kier molecular flexibility index (Phi) is 3.96. The summed E-state index contributed by atoms with van der Waals surface area (Å²) in [7, 11) is 0. The summed E-state index contributed by atoms with van der Waals surface area (Å²) in [6, 6.07) is 14.2. The molecule has 0 aliphatic carbocycles. The first-order valence-electron chi connectivity index (χ1n) is 5.38. The van der Waals surface area contributed by atoms with Crippen LogP contribution in [0.25, 0.3) is 0 Å². The Hall–Kier alpha value is -1.86. The number of hydrogen-bond donors (Lipinski definition) is 1. The molecule has 0 aromatic heterocycles. The van der Waals surface area contributed by atoms with E-state index >= 15 is 0 Å². The van der Waals surface area contributed by atoms with Crippen LogP contribution in [0.5, 0.6) is 0 Å². The molecule has 0 fully saturated rings. The molecule has 0 atom stereocenters. The third kappa shape index (κ3) is 2.69. The van der Waals surface area contributed by atoms with Gasteiger partial charge in [0, 0.05) is 11.0 Å². The highest BCUT2D eigenvalue weighted by Crippen LogP contribution is 2.21. The summed E-state index contributed by atoms with van der Waals surface area (Å²) in [6.45, 7) is 0.527. The van der Waals surface area contributed by atoms with Gasteiger partial charge in [-0.25, -0.2) is 4.39 Å². The zero-order valence-electron chi connectivity index (χ0n) is 9.45. The molecule has 0 saturated carbocycles. The molecular formula is C14H10BrFN2. The van der Waals surface area contributed by atoms with Gasteiger partial charge in [0.15, 0.2) is 0 Å². The van der Waals surface area contributed by atoms with Crippen LogP contribution in [0, 0.1) is 17.1 Å². The van der Waals surface area contributed by atoms with Crippen molar-refractivity contribution in [3.63, 3.8) is 0 Å². The molecule has 18 heavy (non-hydrogen) atoms. The Morgan fingerprint density at radius 3 is 2.67 bits per heavy atom. The van der Waals surface area contributed by atoms with Gasteiger partial charge in [-0.15, -0.1) is 0 Å². The molecule has 4 heteroatoms. The van der Waals surface area contributed by atoms with Crippen LogP contribution >= 0.6 is 15.9 Å². The van der Waals surface area contributed by atoms with Crippen LogP contribution in [-0.2, 0) is 6.54 Å². The number of halogens is 2. The lowest BCUT2D eigenvalue weighted by molar-refractivity contribution is 0.624. The predicted octanol–water partition coefficient (Wildman–Crippen LogP) is 4.07. The van der Waals surface area contributed by atoms with E-state index in [9.17, 15) is 4.39 Å². The van der Waals surface area contributed by atoms with Gasteiger partial charge in [-0.2, -0.15) is 5.26 Å². The largest absolute Gasteiger partial charge is 0.380 e. The van der Waals surface area contributed by atoms with Gasteiger partial charge in [0.1, 0.15) is 17.4 Å². The maximum atomic E-state index is 13.4. The third-order valence-corrected chi connectivity index (χ3v) is 3.33. The third-order valence-electron chi connectivity index (χ3n) is 2.55. The molecule has 2 rings (SSSR count). The molecule has 0 heterocycles. The SMILES string of the molecule is N#Cc1c(F)cccc1NCc1ccccc1Br. The van der Waals surface area contributed by atoms with Crippen molar-refractivity contribution in [1.82, 2.24) is 0 Å². The van der Waals surface area contributed by atoms with Gasteiger partial charge in [0.25, 0.3) is 0 Å². The fourth-order valence-electron chi connectivity index (χ4n) is 1.62. The molecule has 0 amide bonds. The van der Waals surface area contributed by atoms with E-state index in [-0.39, 0.29) is 5.56 Å². The van der Waals surface area contributed by atoms with Crippen molar-refractivity contribution < 1.29 is 4.39 Å². The number of nitrogens with zero attached hydrogens (tertiary/aromatic N) is 1. The lowest BCUT2D eigenvalue weighted by Gasteiger charge is -2.09. The molecule has 0 unspecified atom stereocenters. The number of benzene rings is 2. The first kappa shape index (κ1) is 12.6. The van der Waals surface area contributed by atoms with E-state index in [0.29, 0.717) is 12.2 Å². The molecule has 0 bridgehead atoms. The molecule has 0 aliphatic heterocycles. The molecule has 2 aromatic rings. The number of nitrogens with one attached hydrogen (secondary N) is 1. The van der Waals surface area contributed by atoms with E-state index in [0.717, 1.165) is 10.0 Å². The first-order valence-corrected chi connectivity index (χ1v) is 6.17. The van der Waals surface area contributed by atoms with Gasteiger partial charge in [0.2, 0.25) is 0 Å². The second-order valence-electron chi connectivity index (χ2n) is 3.72. The van der Waals surface area contributed by atoms with Crippen molar-refractivity contribution in [2.75, 3.05) is 5.32 Å².